The molecule has 12 nitrogen and oxygen atoms in total. The number of benzene rings is 5. The van der Waals surface area contributed by atoms with Crippen molar-refractivity contribution in [2.45, 2.75) is 24.6 Å². The molecule has 59 heavy (non-hydrogen) atoms. The third-order valence-corrected chi connectivity index (χ3v) is 8.70. The first-order chi connectivity index (χ1) is 28.0. The number of rotatable bonds is 7. The van der Waals surface area contributed by atoms with E-state index in [1.807, 2.05) is 6.07 Å². The number of anilines is 2. The molecule has 2 amide bonds. The molecule has 5 aromatic carbocycles. The van der Waals surface area contributed by atoms with Gasteiger partial charge >= 0.3 is 18.3 Å². The van der Waals surface area contributed by atoms with Crippen LogP contribution >= 0.6 is 0 Å². The molecule has 0 bridgehead atoms. The van der Waals surface area contributed by atoms with E-state index in [1.54, 1.807) is 78.9 Å². The molecule has 0 spiro atoms. The van der Waals surface area contributed by atoms with E-state index < -0.39 is 60.4 Å². The van der Waals surface area contributed by atoms with Crippen LogP contribution in [0.1, 0.15) is 22.3 Å². The number of hydrogen-bond donors (Lipinski definition) is 1. The maximum absolute atomic E-state index is 13.4. The highest BCUT2D eigenvalue weighted by Gasteiger charge is 2.43. The minimum Gasteiger partial charge on any atom is -0.425 e. The van der Waals surface area contributed by atoms with E-state index in [4.69, 9.17) is 10.5 Å². The number of benzodiazepines with no additional fused rings is 2. The topological polar surface area (TPSA) is 161 Å². The number of halogens is 6. The van der Waals surface area contributed by atoms with Gasteiger partial charge in [-0.25, -0.2) is 4.79 Å². The normalized spacial score (nSPS) is 16.6. The summed E-state index contributed by atoms with van der Waals surface area (Å²) in [6, 6.07) is 32.1. The molecule has 18 heteroatoms. The molecular formula is C41H30F6N6O6. The molecule has 7 rings (SSSR count). The van der Waals surface area contributed by atoms with Crippen molar-refractivity contribution in [1.82, 2.24) is 0 Å². The molecule has 0 unspecified atom stereocenters. The number of ether oxygens (including phenoxy) is 1. The Bertz CT molecular complexity index is 2430. The summed E-state index contributed by atoms with van der Waals surface area (Å²) < 4.78 is 84.2. The maximum atomic E-state index is 13.4. The number of non-ortho nitro benzene ring substituents is 1. The molecule has 0 aliphatic carbocycles. The monoisotopic (exact) mass is 816 g/mol. The van der Waals surface area contributed by atoms with Crippen LogP contribution < -0.4 is 20.3 Å². The molecule has 2 atom stereocenters. The van der Waals surface area contributed by atoms with Crippen LogP contribution in [0.15, 0.2) is 143 Å². The van der Waals surface area contributed by atoms with Gasteiger partial charge in [0.05, 0.1) is 27.7 Å². The molecular weight excluding hydrogens is 786 g/mol. The third-order valence-electron chi connectivity index (χ3n) is 8.70. The lowest BCUT2D eigenvalue weighted by atomic mass is 10.0. The van der Waals surface area contributed by atoms with Crippen LogP contribution in [0.2, 0.25) is 0 Å². The average molecular weight is 817 g/mol. The number of para-hydroxylation sites is 2. The van der Waals surface area contributed by atoms with E-state index in [0.717, 1.165) is 24.3 Å². The van der Waals surface area contributed by atoms with Gasteiger partial charge in [0, 0.05) is 34.4 Å². The van der Waals surface area contributed by atoms with Crippen molar-refractivity contribution in [2.24, 2.45) is 15.7 Å². The number of nitrogens with two attached hydrogens (primary N) is 1. The predicted octanol–water partition coefficient (Wildman–Crippen LogP) is 7.03. The summed E-state index contributed by atoms with van der Waals surface area (Å²) in [5.74, 6) is -3.45. The number of nitro benzene ring substituents is 1. The van der Waals surface area contributed by atoms with E-state index >= 15 is 0 Å². The number of alkyl halides is 6. The summed E-state index contributed by atoms with van der Waals surface area (Å²) in [4.78, 5) is 58.4. The quantitative estimate of drug-likeness (QED) is 0.0461. The summed E-state index contributed by atoms with van der Waals surface area (Å²) >= 11 is 0. The van der Waals surface area contributed by atoms with Crippen LogP contribution in [-0.2, 0) is 14.4 Å². The summed E-state index contributed by atoms with van der Waals surface area (Å²) in [6.45, 7) is -3.05. The Kier molecular flexibility index (Phi) is 12.0. The fraction of sp³-hybridized carbons (Fsp3) is 0.146. The lowest BCUT2D eigenvalue weighted by Crippen LogP contribution is -2.47. The molecule has 0 saturated carbocycles. The number of aliphatic imine (C=N–C) groups is 2. The number of hydrogen-bond acceptors (Lipinski definition) is 9. The first-order valence-corrected chi connectivity index (χ1v) is 17.4. The number of nitrogens with zero attached hydrogens (tertiary/aromatic N) is 5. The number of amides is 2. The second-order valence-electron chi connectivity index (χ2n) is 12.8. The minimum atomic E-state index is -4.76. The Morgan fingerprint density at radius 3 is 1.53 bits per heavy atom. The van der Waals surface area contributed by atoms with Gasteiger partial charge < -0.3 is 15.4 Å². The largest absolute Gasteiger partial charge is 0.425 e. The van der Waals surface area contributed by atoms with Crippen molar-refractivity contribution < 1.29 is 50.4 Å². The lowest BCUT2D eigenvalue weighted by molar-refractivity contribution is -0.384. The average Bonchev–Trinajstić information content (AvgIpc) is 3.39. The van der Waals surface area contributed by atoms with Gasteiger partial charge in [0.25, 0.3) is 17.5 Å². The molecule has 2 aliphatic rings. The molecule has 0 radical (unpaired) electrons. The summed E-state index contributed by atoms with van der Waals surface area (Å²) in [5.41, 5.74) is 7.97. The number of fused-ring (bicyclic) bond motifs is 2. The molecule has 0 aromatic heterocycles. The van der Waals surface area contributed by atoms with Gasteiger partial charge in [-0.3, -0.25) is 34.6 Å². The standard InChI is InChI=1S/C24H16F3N3O5.C17H14F3N3O/c25-24(26,27)14-29-19-9-5-4-8-18(19)20(15-6-2-1-3-7-15)28-21(22(29)31)23(32)35-17-12-10-16(11-13-17)30(33)34;18-17(19,20)10-23-13-9-5-4-8-12(13)14(22-15(21)16(23)24)11-6-2-1-3-7-11/h1-13,21H,14H2;1-9,15H,10,21H2/t21-;15-/m11/s1. The van der Waals surface area contributed by atoms with E-state index in [1.165, 1.54) is 24.3 Å². The zero-order valence-electron chi connectivity index (χ0n) is 30.3. The highest BCUT2D eigenvalue weighted by atomic mass is 19.4. The molecule has 0 saturated heterocycles. The molecule has 5 aromatic rings. The summed E-state index contributed by atoms with van der Waals surface area (Å²) in [7, 11) is 0. The van der Waals surface area contributed by atoms with E-state index in [2.05, 4.69) is 9.98 Å². The van der Waals surface area contributed by atoms with Gasteiger partial charge in [0.2, 0.25) is 6.04 Å². The Hall–Kier alpha value is -7.21. The van der Waals surface area contributed by atoms with E-state index in [9.17, 15) is 50.8 Å². The van der Waals surface area contributed by atoms with Crippen molar-refractivity contribution >= 4 is 46.3 Å². The molecule has 302 valence electrons. The number of esters is 1. The Morgan fingerprint density at radius 1 is 0.644 bits per heavy atom. The minimum absolute atomic E-state index is 0.0527. The Morgan fingerprint density at radius 2 is 1.07 bits per heavy atom. The first-order valence-electron chi connectivity index (χ1n) is 17.4. The van der Waals surface area contributed by atoms with Crippen LogP contribution in [-0.4, -0.2) is 71.8 Å². The number of carbonyl (C=O) groups excluding carboxylic acids is 3. The van der Waals surface area contributed by atoms with Gasteiger partial charge in [-0.2, -0.15) is 26.3 Å². The third kappa shape index (κ3) is 9.85. The van der Waals surface area contributed by atoms with Crippen molar-refractivity contribution in [2.75, 3.05) is 22.9 Å². The molecule has 2 aliphatic heterocycles. The van der Waals surface area contributed by atoms with Crippen molar-refractivity contribution in [3.05, 3.63) is 166 Å². The van der Waals surface area contributed by atoms with Crippen LogP contribution in [0.25, 0.3) is 0 Å². The zero-order chi connectivity index (χ0) is 42.5. The summed E-state index contributed by atoms with van der Waals surface area (Å²) in [5, 5.41) is 10.8. The highest BCUT2D eigenvalue weighted by molar-refractivity contribution is 6.23. The van der Waals surface area contributed by atoms with Crippen LogP contribution in [0.4, 0.5) is 43.4 Å². The van der Waals surface area contributed by atoms with Crippen molar-refractivity contribution in [3.8, 4) is 5.75 Å². The smallest absolute Gasteiger partial charge is 0.406 e. The van der Waals surface area contributed by atoms with Gasteiger partial charge in [0.15, 0.2) is 6.17 Å². The fourth-order valence-electron chi connectivity index (χ4n) is 6.18. The summed E-state index contributed by atoms with van der Waals surface area (Å²) in [6.07, 6.45) is -10.7. The van der Waals surface area contributed by atoms with Gasteiger partial charge in [-0.05, 0) is 24.3 Å². The Labute approximate surface area is 331 Å². The van der Waals surface area contributed by atoms with Crippen molar-refractivity contribution in [3.63, 3.8) is 0 Å². The van der Waals surface area contributed by atoms with Gasteiger partial charge in [-0.1, -0.05) is 97.1 Å². The second kappa shape index (κ2) is 17.1. The molecule has 0 fully saturated rings. The SMILES string of the molecule is N[C@@H]1N=C(c2ccccc2)c2ccccc2N(CC(F)(F)F)C1=O.O=C(Oc1ccc([N+](=O)[O-])cc1)[C@@H]1N=C(c2ccccc2)c2ccccc2N(CC(F)(F)F)C1=O. The molecule has 2 heterocycles. The number of nitro groups is 1. The van der Waals surface area contributed by atoms with Gasteiger partial charge in [-0.15, -0.1) is 0 Å². The predicted molar refractivity (Wildman–Crippen MR) is 204 cm³/mol. The van der Waals surface area contributed by atoms with Crippen molar-refractivity contribution in [1.29, 1.82) is 0 Å². The first kappa shape index (κ1) is 41.4. The number of carbonyl (C=O) groups is 3. The molecule has 2 N–H and O–H groups in total. The van der Waals surface area contributed by atoms with Gasteiger partial charge in [0.1, 0.15) is 18.8 Å². The highest BCUT2D eigenvalue weighted by Crippen LogP contribution is 2.33. The second-order valence-corrected chi connectivity index (χ2v) is 12.8. The lowest BCUT2D eigenvalue weighted by Gasteiger charge is -2.25. The Balaban J connectivity index is 0.000000213. The zero-order valence-corrected chi connectivity index (χ0v) is 30.3. The van der Waals surface area contributed by atoms with E-state index in [-0.39, 0.29) is 34.1 Å². The van der Waals surface area contributed by atoms with Crippen LogP contribution in [0.5, 0.6) is 5.75 Å². The van der Waals surface area contributed by atoms with E-state index in [0.29, 0.717) is 32.2 Å². The maximum Gasteiger partial charge on any atom is 0.406 e. The fourth-order valence-corrected chi connectivity index (χ4v) is 6.18. The van der Waals surface area contributed by atoms with Crippen LogP contribution in [0, 0.1) is 10.1 Å². The van der Waals surface area contributed by atoms with Crippen LogP contribution in [0.3, 0.4) is 0 Å².